The highest BCUT2D eigenvalue weighted by molar-refractivity contribution is 6.22. The number of rotatable bonds is 4. The van der Waals surface area contributed by atoms with E-state index in [1.165, 1.54) is 11.0 Å². The third-order valence-corrected chi connectivity index (χ3v) is 6.40. The molecule has 0 N–H and O–H groups in total. The van der Waals surface area contributed by atoms with Gasteiger partial charge in [0.05, 0.1) is 5.69 Å². The molecule has 0 unspecified atom stereocenters. The number of carbonyl (C=O) groups excluding carboxylic acids is 2. The van der Waals surface area contributed by atoms with Crippen molar-refractivity contribution in [1.82, 2.24) is 0 Å². The zero-order chi connectivity index (χ0) is 25.3. The molecule has 0 aliphatic carbocycles. The maximum absolute atomic E-state index is 13.6. The molecule has 3 aromatic rings. The van der Waals surface area contributed by atoms with Crippen molar-refractivity contribution in [1.29, 1.82) is 0 Å². The summed E-state index contributed by atoms with van der Waals surface area (Å²) in [5.41, 5.74) is 5.84. The van der Waals surface area contributed by atoms with Gasteiger partial charge in [0.1, 0.15) is 5.82 Å². The minimum atomic E-state index is -0.312. The van der Waals surface area contributed by atoms with Crippen molar-refractivity contribution in [2.45, 2.75) is 54.0 Å². The first-order valence-electron chi connectivity index (χ1n) is 12.1. The number of anilines is 2. The van der Waals surface area contributed by atoms with Crippen LogP contribution in [0.25, 0.3) is 0 Å². The van der Waals surface area contributed by atoms with Gasteiger partial charge < -0.3 is 4.90 Å². The number of amides is 2. The SMILES string of the molecule is Cc1cc(N2CCc3cc(F)ccc3C2)cc(C)c1N(C(=O)CC(C)(C)C)C(=O)c1ccccc1. The topological polar surface area (TPSA) is 40.6 Å². The molecule has 2 amide bonds. The summed E-state index contributed by atoms with van der Waals surface area (Å²) in [6.45, 7) is 11.4. The minimum Gasteiger partial charge on any atom is -0.367 e. The van der Waals surface area contributed by atoms with Crippen LogP contribution in [0.2, 0.25) is 0 Å². The first kappa shape index (κ1) is 24.6. The van der Waals surface area contributed by atoms with Crippen molar-refractivity contribution in [2.75, 3.05) is 16.3 Å². The summed E-state index contributed by atoms with van der Waals surface area (Å²) in [5.74, 6) is -0.719. The number of aryl methyl sites for hydroxylation is 2. The Kier molecular flexibility index (Phi) is 6.79. The summed E-state index contributed by atoms with van der Waals surface area (Å²) in [4.78, 5) is 30.7. The van der Waals surface area contributed by atoms with E-state index in [-0.39, 0.29) is 29.5 Å². The van der Waals surface area contributed by atoms with Crippen LogP contribution in [0.1, 0.15) is 59.8 Å². The Hall–Kier alpha value is -3.47. The first-order chi connectivity index (χ1) is 16.5. The number of fused-ring (bicyclic) bond motifs is 1. The van der Waals surface area contributed by atoms with Gasteiger partial charge in [-0.2, -0.15) is 0 Å². The van der Waals surface area contributed by atoms with Crippen LogP contribution in [-0.2, 0) is 17.8 Å². The van der Waals surface area contributed by atoms with E-state index >= 15 is 0 Å². The van der Waals surface area contributed by atoms with E-state index in [9.17, 15) is 14.0 Å². The van der Waals surface area contributed by atoms with Crippen LogP contribution in [0.15, 0.2) is 60.7 Å². The second-order valence-corrected chi connectivity index (χ2v) is 10.7. The smallest absolute Gasteiger partial charge is 0.265 e. The molecular formula is C30H33FN2O2. The molecule has 0 saturated heterocycles. The Labute approximate surface area is 207 Å². The molecule has 1 aliphatic rings. The zero-order valence-electron chi connectivity index (χ0n) is 21.2. The van der Waals surface area contributed by atoms with Crippen molar-refractivity contribution in [3.05, 3.63) is 94.3 Å². The van der Waals surface area contributed by atoms with Crippen LogP contribution in [-0.4, -0.2) is 18.4 Å². The first-order valence-corrected chi connectivity index (χ1v) is 12.1. The van der Waals surface area contributed by atoms with Crippen molar-refractivity contribution in [2.24, 2.45) is 5.41 Å². The van der Waals surface area contributed by atoms with Crippen molar-refractivity contribution in [3.8, 4) is 0 Å². The summed E-state index contributed by atoms with van der Waals surface area (Å²) in [6, 6.07) is 18.0. The third kappa shape index (κ3) is 5.45. The quantitative estimate of drug-likeness (QED) is 0.429. The number of imide groups is 1. The summed E-state index contributed by atoms with van der Waals surface area (Å²) in [7, 11) is 0. The molecular weight excluding hydrogens is 439 g/mol. The molecule has 0 saturated carbocycles. The summed E-state index contributed by atoms with van der Waals surface area (Å²) in [6.07, 6.45) is 1.03. The van der Waals surface area contributed by atoms with Gasteiger partial charge in [0.2, 0.25) is 5.91 Å². The largest absolute Gasteiger partial charge is 0.367 e. The Morgan fingerprint density at radius 2 is 1.60 bits per heavy atom. The molecule has 3 aromatic carbocycles. The fraction of sp³-hybridized carbons (Fsp3) is 0.333. The van der Waals surface area contributed by atoms with E-state index in [1.54, 1.807) is 18.2 Å². The number of carbonyl (C=O) groups is 2. The summed E-state index contributed by atoms with van der Waals surface area (Å²) >= 11 is 0. The van der Waals surface area contributed by atoms with Gasteiger partial charge in [-0.3, -0.25) is 9.59 Å². The Morgan fingerprint density at radius 3 is 2.23 bits per heavy atom. The fourth-order valence-electron chi connectivity index (χ4n) is 4.79. The molecule has 0 aromatic heterocycles. The molecule has 182 valence electrons. The predicted molar refractivity (Wildman–Crippen MR) is 139 cm³/mol. The molecule has 35 heavy (non-hydrogen) atoms. The number of halogens is 1. The number of benzene rings is 3. The molecule has 0 bridgehead atoms. The lowest BCUT2D eigenvalue weighted by atomic mass is 9.91. The zero-order valence-corrected chi connectivity index (χ0v) is 21.2. The fourth-order valence-corrected chi connectivity index (χ4v) is 4.79. The van der Waals surface area contributed by atoms with E-state index < -0.39 is 0 Å². The van der Waals surface area contributed by atoms with Crippen molar-refractivity contribution >= 4 is 23.2 Å². The lowest BCUT2D eigenvalue weighted by Crippen LogP contribution is -2.40. The molecule has 0 atom stereocenters. The second kappa shape index (κ2) is 9.65. The van der Waals surface area contributed by atoms with Crippen LogP contribution in [0.4, 0.5) is 15.8 Å². The van der Waals surface area contributed by atoms with E-state index in [0.29, 0.717) is 17.8 Å². The Bertz CT molecular complexity index is 1240. The van der Waals surface area contributed by atoms with E-state index in [0.717, 1.165) is 40.9 Å². The Morgan fingerprint density at radius 1 is 0.943 bits per heavy atom. The van der Waals surface area contributed by atoms with E-state index in [4.69, 9.17) is 0 Å². The maximum atomic E-state index is 13.6. The van der Waals surface area contributed by atoms with Gasteiger partial charge >= 0.3 is 0 Å². The van der Waals surface area contributed by atoms with Gasteiger partial charge in [-0.25, -0.2) is 9.29 Å². The average Bonchev–Trinajstić information content (AvgIpc) is 2.79. The monoisotopic (exact) mass is 472 g/mol. The lowest BCUT2D eigenvalue weighted by molar-refractivity contribution is -0.119. The number of hydrogen-bond donors (Lipinski definition) is 0. The van der Waals surface area contributed by atoms with Gasteiger partial charge in [-0.05, 0) is 84.3 Å². The van der Waals surface area contributed by atoms with Gasteiger partial charge in [0.25, 0.3) is 5.91 Å². The standard InChI is InChI=1S/C30H33FN2O2/c1-20-15-26(32-14-13-23-17-25(31)12-11-24(23)19-32)16-21(2)28(20)33(27(34)18-30(3,4)5)29(35)22-9-7-6-8-10-22/h6-12,15-17H,13-14,18-19H2,1-5H3. The van der Waals surface area contributed by atoms with Crippen molar-refractivity contribution < 1.29 is 14.0 Å². The Balaban J connectivity index is 1.71. The second-order valence-electron chi connectivity index (χ2n) is 10.7. The van der Waals surface area contributed by atoms with Gasteiger partial charge in [0, 0.05) is 30.8 Å². The molecule has 0 fully saturated rings. The van der Waals surface area contributed by atoms with Crippen LogP contribution in [0.5, 0.6) is 0 Å². The highest BCUT2D eigenvalue weighted by Gasteiger charge is 2.31. The van der Waals surface area contributed by atoms with Crippen LogP contribution < -0.4 is 9.80 Å². The highest BCUT2D eigenvalue weighted by Crippen LogP contribution is 2.35. The van der Waals surface area contributed by atoms with Crippen LogP contribution in [0, 0.1) is 25.1 Å². The normalized spacial score (nSPS) is 13.4. The van der Waals surface area contributed by atoms with Gasteiger partial charge in [-0.1, -0.05) is 45.0 Å². The summed E-state index contributed by atoms with van der Waals surface area (Å²) < 4.78 is 13.6. The molecule has 4 nitrogen and oxygen atoms in total. The van der Waals surface area contributed by atoms with Crippen LogP contribution >= 0.6 is 0 Å². The van der Waals surface area contributed by atoms with Gasteiger partial charge in [-0.15, -0.1) is 0 Å². The van der Waals surface area contributed by atoms with Gasteiger partial charge in [0.15, 0.2) is 0 Å². The lowest BCUT2D eigenvalue weighted by Gasteiger charge is -2.33. The predicted octanol–water partition coefficient (Wildman–Crippen LogP) is 6.61. The average molecular weight is 473 g/mol. The molecule has 5 heteroatoms. The number of hydrogen-bond acceptors (Lipinski definition) is 3. The van der Waals surface area contributed by atoms with Crippen molar-refractivity contribution in [3.63, 3.8) is 0 Å². The molecule has 4 rings (SSSR count). The molecule has 0 spiro atoms. The molecule has 1 aliphatic heterocycles. The van der Waals surface area contributed by atoms with E-state index in [2.05, 4.69) is 4.90 Å². The maximum Gasteiger partial charge on any atom is 0.265 e. The van der Waals surface area contributed by atoms with E-state index in [1.807, 2.05) is 71.0 Å². The third-order valence-electron chi connectivity index (χ3n) is 6.40. The molecule has 0 radical (unpaired) electrons. The highest BCUT2D eigenvalue weighted by atomic mass is 19.1. The summed E-state index contributed by atoms with van der Waals surface area (Å²) in [5, 5.41) is 0. The van der Waals surface area contributed by atoms with Crippen LogP contribution in [0.3, 0.4) is 0 Å². The minimum absolute atomic E-state index is 0.198. The molecule has 1 heterocycles. The number of nitrogens with zero attached hydrogens (tertiary/aromatic N) is 2.